The Kier molecular flexibility index (Phi) is 5.92. The zero-order valence-electron chi connectivity index (χ0n) is 9.74. The molecule has 17 heavy (non-hydrogen) atoms. The summed E-state index contributed by atoms with van der Waals surface area (Å²) < 4.78 is 7.05. The van der Waals surface area contributed by atoms with Gasteiger partial charge < -0.3 is 4.74 Å². The Morgan fingerprint density at radius 1 is 1.29 bits per heavy atom. The maximum atomic E-state index is 10.8. The van der Waals surface area contributed by atoms with Crippen LogP contribution in [0.4, 0.5) is 0 Å². The molecule has 4 heteroatoms. The summed E-state index contributed by atoms with van der Waals surface area (Å²) in [4.78, 5) is 10.8. The van der Waals surface area contributed by atoms with E-state index in [0.29, 0.717) is 6.42 Å². The van der Waals surface area contributed by atoms with Gasteiger partial charge >= 0.3 is 5.97 Å². The number of hydrogen-bond acceptors (Lipinski definition) is 2. The first-order valence-electron chi connectivity index (χ1n) is 5.27. The van der Waals surface area contributed by atoms with Crippen molar-refractivity contribution in [1.82, 2.24) is 0 Å². The van der Waals surface area contributed by atoms with Crippen LogP contribution < -0.4 is 0 Å². The standard InChI is InChI=1S/C13H14Br2O2/c1-9(17-10(2)16)8-12(14)13(15)11-6-4-3-5-7-11/h3-7,9H,8H2,1-2H3/b13-12+. The van der Waals surface area contributed by atoms with Gasteiger partial charge in [0.2, 0.25) is 0 Å². The molecule has 1 atom stereocenters. The Labute approximate surface area is 118 Å². The Morgan fingerprint density at radius 2 is 1.88 bits per heavy atom. The van der Waals surface area contributed by atoms with Crippen molar-refractivity contribution in [3.63, 3.8) is 0 Å². The summed E-state index contributed by atoms with van der Waals surface area (Å²) in [6, 6.07) is 9.96. The first-order valence-corrected chi connectivity index (χ1v) is 6.86. The number of carbonyl (C=O) groups is 1. The van der Waals surface area contributed by atoms with E-state index in [1.54, 1.807) is 0 Å². The van der Waals surface area contributed by atoms with Crippen LogP contribution in [0.25, 0.3) is 4.48 Å². The summed E-state index contributed by atoms with van der Waals surface area (Å²) in [5.74, 6) is -0.256. The van der Waals surface area contributed by atoms with Crippen LogP contribution in [0, 0.1) is 0 Å². The van der Waals surface area contributed by atoms with Gasteiger partial charge in [-0.15, -0.1) is 0 Å². The first kappa shape index (κ1) is 14.5. The van der Waals surface area contributed by atoms with Crippen LogP contribution in [0.2, 0.25) is 0 Å². The molecule has 0 aliphatic heterocycles. The molecule has 0 radical (unpaired) electrons. The minimum atomic E-state index is -0.256. The number of halogens is 2. The average molecular weight is 362 g/mol. The predicted molar refractivity (Wildman–Crippen MR) is 77.1 cm³/mol. The molecule has 0 saturated carbocycles. The van der Waals surface area contributed by atoms with Gasteiger partial charge in [0.25, 0.3) is 0 Å². The van der Waals surface area contributed by atoms with Crippen LogP contribution >= 0.6 is 31.9 Å². The van der Waals surface area contributed by atoms with Gasteiger partial charge in [0.15, 0.2) is 0 Å². The van der Waals surface area contributed by atoms with E-state index in [9.17, 15) is 4.79 Å². The molecule has 0 heterocycles. The maximum Gasteiger partial charge on any atom is 0.302 e. The van der Waals surface area contributed by atoms with Gasteiger partial charge in [0.05, 0.1) is 0 Å². The maximum absolute atomic E-state index is 10.8. The second kappa shape index (κ2) is 6.97. The molecule has 0 amide bonds. The summed E-state index contributed by atoms with van der Waals surface area (Å²) in [5, 5.41) is 0. The lowest BCUT2D eigenvalue weighted by atomic mass is 10.2. The summed E-state index contributed by atoms with van der Waals surface area (Å²) in [6.07, 6.45) is 0.507. The van der Waals surface area contributed by atoms with Crippen LogP contribution in [-0.2, 0) is 9.53 Å². The van der Waals surface area contributed by atoms with Crippen LogP contribution in [0.3, 0.4) is 0 Å². The smallest absolute Gasteiger partial charge is 0.302 e. The summed E-state index contributed by atoms with van der Waals surface area (Å²) >= 11 is 7.05. The normalized spacial score (nSPS) is 13.9. The van der Waals surface area contributed by atoms with Gasteiger partial charge in [-0.2, -0.15) is 0 Å². The van der Waals surface area contributed by atoms with Crippen LogP contribution in [0.5, 0.6) is 0 Å². The van der Waals surface area contributed by atoms with Crippen molar-refractivity contribution >= 4 is 42.3 Å². The van der Waals surface area contributed by atoms with Crippen molar-refractivity contribution in [3.05, 3.63) is 40.4 Å². The monoisotopic (exact) mass is 360 g/mol. The van der Waals surface area contributed by atoms with E-state index < -0.39 is 0 Å². The summed E-state index contributed by atoms with van der Waals surface area (Å²) in [7, 11) is 0. The number of benzene rings is 1. The molecule has 0 saturated heterocycles. The molecule has 1 rings (SSSR count). The van der Waals surface area contributed by atoms with Crippen molar-refractivity contribution in [1.29, 1.82) is 0 Å². The lowest BCUT2D eigenvalue weighted by Gasteiger charge is -2.12. The van der Waals surface area contributed by atoms with E-state index in [0.717, 1.165) is 14.5 Å². The molecular formula is C13H14Br2O2. The fourth-order valence-electron chi connectivity index (χ4n) is 1.41. The van der Waals surface area contributed by atoms with Crippen molar-refractivity contribution in [2.45, 2.75) is 26.4 Å². The molecule has 0 bridgehead atoms. The highest BCUT2D eigenvalue weighted by Crippen LogP contribution is 2.31. The SMILES string of the molecule is CC(=O)OC(C)C/C(Br)=C(\Br)c1ccccc1. The zero-order valence-corrected chi connectivity index (χ0v) is 12.9. The average Bonchev–Trinajstić information content (AvgIpc) is 2.28. The fraction of sp³-hybridized carbons (Fsp3) is 0.308. The molecule has 1 aromatic carbocycles. The Hall–Kier alpha value is -0.610. The first-order chi connectivity index (χ1) is 8.00. The molecule has 0 aliphatic rings. The molecule has 1 unspecified atom stereocenters. The van der Waals surface area contributed by atoms with E-state index >= 15 is 0 Å². The topological polar surface area (TPSA) is 26.3 Å². The molecule has 0 aromatic heterocycles. The minimum Gasteiger partial charge on any atom is -0.462 e. The van der Waals surface area contributed by atoms with Gasteiger partial charge in [-0.3, -0.25) is 4.79 Å². The predicted octanol–water partition coefficient (Wildman–Crippen LogP) is 4.49. The third kappa shape index (κ3) is 5.04. The second-order valence-corrected chi connectivity index (χ2v) is 5.46. The highest BCUT2D eigenvalue weighted by molar-refractivity contribution is 9.16. The largest absolute Gasteiger partial charge is 0.462 e. The number of hydrogen-bond donors (Lipinski definition) is 0. The molecule has 92 valence electrons. The molecule has 0 fully saturated rings. The number of ether oxygens (including phenoxy) is 1. The van der Waals surface area contributed by atoms with Crippen molar-refractivity contribution in [2.75, 3.05) is 0 Å². The van der Waals surface area contributed by atoms with Gasteiger partial charge in [-0.1, -0.05) is 46.3 Å². The van der Waals surface area contributed by atoms with Crippen molar-refractivity contribution in [2.24, 2.45) is 0 Å². The van der Waals surface area contributed by atoms with Crippen LogP contribution in [0.15, 0.2) is 34.8 Å². The molecule has 0 aliphatic carbocycles. The van der Waals surface area contributed by atoms with Crippen molar-refractivity contribution < 1.29 is 9.53 Å². The Balaban J connectivity index is 2.74. The van der Waals surface area contributed by atoms with Gasteiger partial charge in [-0.05, 0) is 28.4 Å². The zero-order chi connectivity index (χ0) is 12.8. The quantitative estimate of drug-likeness (QED) is 0.738. The highest BCUT2D eigenvalue weighted by Gasteiger charge is 2.10. The Morgan fingerprint density at radius 3 is 2.41 bits per heavy atom. The fourth-order valence-corrected chi connectivity index (χ4v) is 2.52. The third-order valence-corrected chi connectivity index (χ3v) is 4.29. The highest BCUT2D eigenvalue weighted by atomic mass is 79.9. The number of carbonyl (C=O) groups excluding carboxylic acids is 1. The third-order valence-electron chi connectivity index (χ3n) is 2.10. The van der Waals surface area contributed by atoms with E-state index in [-0.39, 0.29) is 12.1 Å². The van der Waals surface area contributed by atoms with E-state index in [1.165, 1.54) is 6.92 Å². The van der Waals surface area contributed by atoms with Crippen molar-refractivity contribution in [3.8, 4) is 0 Å². The minimum absolute atomic E-state index is 0.141. The molecule has 0 spiro atoms. The molecule has 2 nitrogen and oxygen atoms in total. The lowest BCUT2D eigenvalue weighted by molar-refractivity contribution is -0.145. The number of rotatable bonds is 4. The molecular weight excluding hydrogens is 348 g/mol. The van der Waals surface area contributed by atoms with Gasteiger partial charge in [-0.25, -0.2) is 0 Å². The van der Waals surface area contributed by atoms with Crippen LogP contribution in [-0.4, -0.2) is 12.1 Å². The van der Waals surface area contributed by atoms with Gasteiger partial charge in [0.1, 0.15) is 6.10 Å². The van der Waals surface area contributed by atoms with Crippen LogP contribution in [0.1, 0.15) is 25.8 Å². The lowest BCUT2D eigenvalue weighted by Crippen LogP contribution is -2.12. The summed E-state index contributed by atoms with van der Waals surface area (Å²) in [6.45, 7) is 3.29. The second-order valence-electron chi connectivity index (χ2n) is 3.71. The van der Waals surface area contributed by atoms with E-state index in [4.69, 9.17) is 4.74 Å². The summed E-state index contributed by atoms with van der Waals surface area (Å²) in [5.41, 5.74) is 1.09. The van der Waals surface area contributed by atoms with E-state index in [2.05, 4.69) is 31.9 Å². The van der Waals surface area contributed by atoms with E-state index in [1.807, 2.05) is 37.3 Å². The number of esters is 1. The van der Waals surface area contributed by atoms with Gasteiger partial charge in [0, 0.05) is 22.3 Å². The Bertz CT molecular complexity index is 413. The molecule has 1 aromatic rings. The molecule has 0 N–H and O–H groups in total.